The van der Waals surface area contributed by atoms with E-state index in [1.165, 1.54) is 19.3 Å². The van der Waals surface area contributed by atoms with Gasteiger partial charge in [0.2, 0.25) is 0 Å². The summed E-state index contributed by atoms with van der Waals surface area (Å²) in [5, 5.41) is 0. The molecule has 1 atom stereocenters. The second-order valence-corrected chi connectivity index (χ2v) is 4.68. The molecule has 0 aromatic carbocycles. The Balaban J connectivity index is 3.46. The molecule has 0 rings (SSSR count). The third-order valence-electron chi connectivity index (χ3n) is 2.97. The number of carbonyl (C=O) groups excluding carboxylic acids is 2. The molecule has 106 valence electrons. The van der Waals surface area contributed by atoms with Crippen LogP contribution >= 0.6 is 0 Å². The lowest BCUT2D eigenvalue weighted by atomic mass is 10.1. The quantitative estimate of drug-likeness (QED) is 0.359. The monoisotopic (exact) mass is 258 g/mol. The van der Waals surface area contributed by atoms with Crippen molar-refractivity contribution >= 4 is 11.9 Å². The van der Waals surface area contributed by atoms with Gasteiger partial charge in [-0.05, 0) is 12.8 Å². The third-order valence-corrected chi connectivity index (χ3v) is 2.97. The number of hydrogen-bond donors (Lipinski definition) is 0. The van der Waals surface area contributed by atoms with Crippen LogP contribution in [0.4, 0.5) is 0 Å². The van der Waals surface area contributed by atoms with Gasteiger partial charge in [0, 0.05) is 0 Å². The molecule has 0 N–H and O–H groups in total. The van der Waals surface area contributed by atoms with Crippen molar-refractivity contribution in [2.75, 3.05) is 0 Å². The molecule has 1 unspecified atom stereocenters. The van der Waals surface area contributed by atoms with Crippen molar-refractivity contribution in [3.63, 3.8) is 0 Å². The first-order chi connectivity index (χ1) is 8.61. The minimum Gasteiger partial charge on any atom is -0.247 e. The molecule has 0 radical (unpaired) electrons. The van der Waals surface area contributed by atoms with Crippen LogP contribution in [0.1, 0.15) is 72.1 Å². The van der Waals surface area contributed by atoms with Crippen LogP contribution in [-0.2, 0) is 19.4 Å². The first-order valence-corrected chi connectivity index (χ1v) is 7.03. The second kappa shape index (κ2) is 11.1. The molecule has 0 saturated carbocycles. The zero-order valence-electron chi connectivity index (χ0n) is 11.9. The number of carbonyl (C=O) groups is 2. The van der Waals surface area contributed by atoms with E-state index < -0.39 is 11.9 Å². The van der Waals surface area contributed by atoms with E-state index in [-0.39, 0.29) is 5.92 Å². The maximum absolute atomic E-state index is 11.2. The van der Waals surface area contributed by atoms with Crippen molar-refractivity contribution in [3.8, 4) is 0 Å². The maximum Gasteiger partial charge on any atom is 0.358 e. The third kappa shape index (κ3) is 9.02. The molecule has 4 nitrogen and oxygen atoms in total. The molecular weight excluding hydrogens is 232 g/mol. The highest BCUT2D eigenvalue weighted by Crippen LogP contribution is 2.08. The van der Waals surface area contributed by atoms with E-state index in [0.29, 0.717) is 12.8 Å². The Hall–Kier alpha value is -1.06. The second-order valence-electron chi connectivity index (χ2n) is 4.68. The fraction of sp³-hybridized carbons (Fsp3) is 0.857. The highest BCUT2D eigenvalue weighted by atomic mass is 17.2. The van der Waals surface area contributed by atoms with Gasteiger partial charge in [0.1, 0.15) is 0 Å². The fourth-order valence-corrected chi connectivity index (χ4v) is 1.43. The Morgan fingerprint density at radius 2 is 1.56 bits per heavy atom. The standard InChI is InChI=1S/C14H26O4/c1-4-6-7-8-9-10-11-13(15)17-18-14(16)12(3)5-2/h12H,4-11H2,1-3H3. The average Bonchev–Trinajstić information content (AvgIpc) is 2.38. The van der Waals surface area contributed by atoms with Crippen LogP contribution in [0.3, 0.4) is 0 Å². The van der Waals surface area contributed by atoms with Gasteiger partial charge in [-0.1, -0.05) is 52.9 Å². The zero-order valence-corrected chi connectivity index (χ0v) is 11.9. The summed E-state index contributed by atoms with van der Waals surface area (Å²) in [5.41, 5.74) is 0. The molecule has 0 bridgehead atoms. The molecule has 0 amide bonds. The van der Waals surface area contributed by atoms with Crippen LogP contribution in [0.2, 0.25) is 0 Å². The van der Waals surface area contributed by atoms with Gasteiger partial charge < -0.3 is 0 Å². The summed E-state index contributed by atoms with van der Waals surface area (Å²) in [6.45, 7) is 5.79. The minimum absolute atomic E-state index is 0.230. The molecule has 0 saturated heterocycles. The van der Waals surface area contributed by atoms with E-state index in [4.69, 9.17) is 0 Å². The lowest BCUT2D eigenvalue weighted by molar-refractivity contribution is -0.262. The van der Waals surface area contributed by atoms with E-state index in [0.717, 1.165) is 19.3 Å². The summed E-state index contributed by atoms with van der Waals surface area (Å²) in [5.74, 6) is -1.16. The lowest BCUT2D eigenvalue weighted by Gasteiger charge is -2.06. The molecule has 18 heavy (non-hydrogen) atoms. The zero-order chi connectivity index (χ0) is 13.8. The first-order valence-electron chi connectivity index (χ1n) is 7.03. The molecule has 0 aliphatic rings. The molecule has 0 spiro atoms. The Labute approximate surface area is 110 Å². The van der Waals surface area contributed by atoms with Gasteiger partial charge in [0.25, 0.3) is 0 Å². The summed E-state index contributed by atoms with van der Waals surface area (Å²) in [6, 6.07) is 0. The van der Waals surface area contributed by atoms with E-state index in [9.17, 15) is 9.59 Å². The average molecular weight is 258 g/mol. The van der Waals surface area contributed by atoms with Gasteiger partial charge in [0.15, 0.2) is 0 Å². The van der Waals surface area contributed by atoms with Crippen LogP contribution in [-0.4, -0.2) is 11.9 Å². The van der Waals surface area contributed by atoms with Crippen LogP contribution < -0.4 is 0 Å². The Morgan fingerprint density at radius 1 is 0.944 bits per heavy atom. The van der Waals surface area contributed by atoms with Gasteiger partial charge in [-0.15, -0.1) is 0 Å². The molecule has 0 aromatic heterocycles. The van der Waals surface area contributed by atoms with E-state index in [1.54, 1.807) is 6.92 Å². The van der Waals surface area contributed by atoms with Crippen molar-refractivity contribution in [1.29, 1.82) is 0 Å². The Morgan fingerprint density at radius 3 is 2.17 bits per heavy atom. The van der Waals surface area contributed by atoms with Crippen molar-refractivity contribution in [1.82, 2.24) is 0 Å². The van der Waals surface area contributed by atoms with Gasteiger partial charge in [-0.3, -0.25) is 0 Å². The van der Waals surface area contributed by atoms with Gasteiger partial charge in [-0.25, -0.2) is 19.4 Å². The van der Waals surface area contributed by atoms with E-state index >= 15 is 0 Å². The molecule has 4 heteroatoms. The predicted molar refractivity (Wildman–Crippen MR) is 69.6 cm³/mol. The number of hydrogen-bond acceptors (Lipinski definition) is 4. The molecule has 0 aliphatic heterocycles. The highest BCUT2D eigenvalue weighted by molar-refractivity contribution is 5.74. The Kier molecular flexibility index (Phi) is 10.4. The topological polar surface area (TPSA) is 52.6 Å². The molecule has 0 aliphatic carbocycles. The van der Waals surface area contributed by atoms with E-state index in [1.807, 2.05) is 6.92 Å². The first kappa shape index (κ1) is 16.9. The smallest absolute Gasteiger partial charge is 0.247 e. The van der Waals surface area contributed by atoms with Crippen molar-refractivity contribution in [2.24, 2.45) is 5.92 Å². The van der Waals surface area contributed by atoms with E-state index in [2.05, 4.69) is 16.7 Å². The summed E-state index contributed by atoms with van der Waals surface area (Å²) in [7, 11) is 0. The van der Waals surface area contributed by atoms with Crippen LogP contribution in [0, 0.1) is 5.92 Å². The normalized spacial score (nSPS) is 11.9. The summed E-state index contributed by atoms with van der Waals surface area (Å²) >= 11 is 0. The van der Waals surface area contributed by atoms with Gasteiger partial charge in [-0.2, -0.15) is 0 Å². The molecule has 0 aromatic rings. The summed E-state index contributed by atoms with van der Waals surface area (Å²) in [6.07, 6.45) is 7.64. The summed E-state index contributed by atoms with van der Waals surface area (Å²) in [4.78, 5) is 31.4. The van der Waals surface area contributed by atoms with Crippen LogP contribution in [0.25, 0.3) is 0 Å². The van der Waals surface area contributed by atoms with Crippen molar-refractivity contribution in [2.45, 2.75) is 72.1 Å². The predicted octanol–water partition coefficient (Wildman–Crippen LogP) is 3.78. The molecular formula is C14H26O4. The SMILES string of the molecule is CCCCCCCCC(=O)OOC(=O)C(C)CC. The lowest BCUT2D eigenvalue weighted by Crippen LogP contribution is -2.17. The number of rotatable bonds is 9. The van der Waals surface area contributed by atoms with Crippen molar-refractivity contribution in [3.05, 3.63) is 0 Å². The van der Waals surface area contributed by atoms with Gasteiger partial charge >= 0.3 is 11.9 Å². The van der Waals surface area contributed by atoms with Crippen LogP contribution in [0.15, 0.2) is 0 Å². The largest absolute Gasteiger partial charge is 0.358 e. The van der Waals surface area contributed by atoms with Crippen LogP contribution in [0.5, 0.6) is 0 Å². The Bertz CT molecular complexity index is 238. The summed E-state index contributed by atoms with van der Waals surface area (Å²) < 4.78 is 0. The molecule has 0 heterocycles. The number of unbranched alkanes of at least 4 members (excludes halogenated alkanes) is 5. The van der Waals surface area contributed by atoms with Crippen molar-refractivity contribution < 1.29 is 19.4 Å². The molecule has 0 fully saturated rings. The van der Waals surface area contributed by atoms with Gasteiger partial charge in [0.05, 0.1) is 12.3 Å². The fourth-order valence-electron chi connectivity index (χ4n) is 1.43. The minimum atomic E-state index is -0.478. The maximum atomic E-state index is 11.2. The highest BCUT2D eigenvalue weighted by Gasteiger charge is 2.15.